The maximum atomic E-state index is 11.5. The van der Waals surface area contributed by atoms with Crippen LogP contribution in [0.4, 0.5) is 0 Å². The first-order chi connectivity index (χ1) is 9.24. The van der Waals surface area contributed by atoms with Crippen molar-refractivity contribution in [1.82, 2.24) is 5.32 Å². The number of hydrogen-bond acceptors (Lipinski definition) is 4. The third-order valence-electron chi connectivity index (χ3n) is 2.87. The van der Waals surface area contributed by atoms with E-state index in [-0.39, 0.29) is 16.8 Å². The smallest absolute Gasteiger partial charge is 0.238 e. The molecule has 6 nitrogen and oxygen atoms in total. The Hall–Kier alpha value is -1.60. The van der Waals surface area contributed by atoms with Crippen LogP contribution in [0.3, 0.4) is 0 Å². The van der Waals surface area contributed by atoms with Crippen LogP contribution in [0.5, 0.6) is 5.75 Å². The quantitative estimate of drug-likeness (QED) is 0.811. The van der Waals surface area contributed by atoms with Crippen molar-refractivity contribution >= 4 is 15.9 Å². The molecule has 0 saturated heterocycles. The van der Waals surface area contributed by atoms with E-state index in [4.69, 9.17) is 9.88 Å². The maximum absolute atomic E-state index is 11.5. The number of nitrogens with two attached hydrogens (primary N) is 1. The van der Waals surface area contributed by atoms with Crippen LogP contribution in [-0.4, -0.2) is 27.5 Å². The Balaban J connectivity index is 2.94. The number of aryl methyl sites for hydroxylation is 1. The SMILES string of the molecule is COc1ccc(S(N)(=O)=O)c(CC[C@@H](C)NC(C)=O)c1. The van der Waals surface area contributed by atoms with E-state index in [0.29, 0.717) is 24.2 Å². The van der Waals surface area contributed by atoms with Crippen LogP contribution in [0.2, 0.25) is 0 Å². The number of sulfonamides is 1. The summed E-state index contributed by atoms with van der Waals surface area (Å²) >= 11 is 0. The minimum absolute atomic E-state index is 0.0490. The molecule has 0 radical (unpaired) electrons. The molecule has 1 aromatic carbocycles. The van der Waals surface area contributed by atoms with Gasteiger partial charge in [-0.1, -0.05) is 0 Å². The third-order valence-corrected chi connectivity index (χ3v) is 3.88. The van der Waals surface area contributed by atoms with Gasteiger partial charge in [-0.15, -0.1) is 0 Å². The molecule has 0 aliphatic carbocycles. The fourth-order valence-electron chi connectivity index (χ4n) is 1.95. The normalized spacial score (nSPS) is 12.8. The largest absolute Gasteiger partial charge is 0.497 e. The summed E-state index contributed by atoms with van der Waals surface area (Å²) in [6.07, 6.45) is 1.08. The molecule has 0 saturated carbocycles. The highest BCUT2D eigenvalue weighted by Gasteiger charge is 2.15. The Morgan fingerprint density at radius 1 is 1.45 bits per heavy atom. The minimum Gasteiger partial charge on any atom is -0.497 e. The second-order valence-corrected chi connectivity index (χ2v) is 6.19. The molecule has 0 heterocycles. The van der Waals surface area contributed by atoms with Crippen molar-refractivity contribution in [1.29, 1.82) is 0 Å². The van der Waals surface area contributed by atoms with Crippen LogP contribution in [0, 0.1) is 0 Å². The van der Waals surface area contributed by atoms with Crippen LogP contribution in [0.15, 0.2) is 23.1 Å². The number of carbonyl (C=O) groups excluding carboxylic acids is 1. The summed E-state index contributed by atoms with van der Waals surface area (Å²) in [5, 5.41) is 7.95. The molecule has 0 aliphatic rings. The van der Waals surface area contributed by atoms with E-state index in [1.54, 1.807) is 12.1 Å². The van der Waals surface area contributed by atoms with Crippen molar-refractivity contribution in [2.24, 2.45) is 5.14 Å². The van der Waals surface area contributed by atoms with Gasteiger partial charge >= 0.3 is 0 Å². The number of amides is 1. The summed E-state index contributed by atoms with van der Waals surface area (Å²) in [7, 11) is -2.26. The van der Waals surface area contributed by atoms with Gasteiger partial charge in [-0.25, -0.2) is 13.6 Å². The van der Waals surface area contributed by atoms with Gasteiger partial charge in [-0.05, 0) is 43.5 Å². The fraction of sp³-hybridized carbons (Fsp3) is 0.462. The van der Waals surface area contributed by atoms with Crippen molar-refractivity contribution < 1.29 is 17.9 Å². The number of methoxy groups -OCH3 is 1. The Kier molecular flexibility index (Phi) is 5.52. The highest BCUT2D eigenvalue weighted by molar-refractivity contribution is 7.89. The van der Waals surface area contributed by atoms with Gasteiger partial charge in [0.25, 0.3) is 0 Å². The summed E-state index contributed by atoms with van der Waals surface area (Å²) in [6, 6.07) is 4.60. The Labute approximate surface area is 119 Å². The first-order valence-electron chi connectivity index (χ1n) is 6.21. The first kappa shape index (κ1) is 16.5. The lowest BCUT2D eigenvalue weighted by Gasteiger charge is -2.14. The molecule has 1 rings (SSSR count). The number of carbonyl (C=O) groups is 1. The summed E-state index contributed by atoms with van der Waals surface area (Å²) in [5.41, 5.74) is 0.587. The van der Waals surface area contributed by atoms with Crippen molar-refractivity contribution in [2.45, 2.75) is 37.6 Å². The van der Waals surface area contributed by atoms with Crippen LogP contribution in [0.25, 0.3) is 0 Å². The van der Waals surface area contributed by atoms with E-state index in [0.717, 1.165) is 0 Å². The number of ether oxygens (including phenoxy) is 1. The molecule has 3 N–H and O–H groups in total. The van der Waals surface area contributed by atoms with Crippen LogP contribution in [0.1, 0.15) is 25.8 Å². The molecule has 1 atom stereocenters. The lowest BCUT2D eigenvalue weighted by molar-refractivity contribution is -0.119. The lowest BCUT2D eigenvalue weighted by atomic mass is 10.1. The molecule has 20 heavy (non-hydrogen) atoms. The number of nitrogens with one attached hydrogen (secondary N) is 1. The van der Waals surface area contributed by atoms with Gasteiger partial charge in [-0.2, -0.15) is 0 Å². The Morgan fingerprint density at radius 3 is 2.60 bits per heavy atom. The standard InChI is InChI=1S/C13H20N2O4S/c1-9(15-10(2)16)4-5-11-8-12(19-3)6-7-13(11)20(14,17)18/h6-9H,4-5H2,1-3H3,(H,15,16)(H2,14,17,18)/t9-/m1/s1. The minimum atomic E-state index is -3.77. The van der Waals surface area contributed by atoms with Crippen molar-refractivity contribution in [3.63, 3.8) is 0 Å². The van der Waals surface area contributed by atoms with Crippen LogP contribution < -0.4 is 15.2 Å². The summed E-state index contributed by atoms with van der Waals surface area (Å²) in [5.74, 6) is 0.453. The number of benzene rings is 1. The zero-order chi connectivity index (χ0) is 15.3. The molecule has 112 valence electrons. The topological polar surface area (TPSA) is 98.5 Å². The average Bonchev–Trinajstić information content (AvgIpc) is 2.34. The van der Waals surface area contributed by atoms with E-state index in [9.17, 15) is 13.2 Å². The molecule has 7 heteroatoms. The highest BCUT2D eigenvalue weighted by Crippen LogP contribution is 2.22. The molecule has 0 aromatic heterocycles. The molecule has 1 aromatic rings. The third kappa shape index (κ3) is 4.82. The molecule has 0 unspecified atom stereocenters. The zero-order valence-corrected chi connectivity index (χ0v) is 12.7. The van der Waals surface area contributed by atoms with Gasteiger partial charge in [0, 0.05) is 13.0 Å². The Morgan fingerprint density at radius 2 is 2.10 bits per heavy atom. The molecule has 0 spiro atoms. The number of hydrogen-bond donors (Lipinski definition) is 2. The molecule has 1 amide bonds. The molecule has 0 aliphatic heterocycles. The zero-order valence-electron chi connectivity index (χ0n) is 11.8. The van der Waals surface area contributed by atoms with E-state index in [1.165, 1.54) is 20.1 Å². The van der Waals surface area contributed by atoms with Crippen molar-refractivity contribution in [3.05, 3.63) is 23.8 Å². The fourth-order valence-corrected chi connectivity index (χ4v) is 2.73. The van der Waals surface area contributed by atoms with Crippen molar-refractivity contribution in [2.75, 3.05) is 7.11 Å². The van der Waals surface area contributed by atoms with Gasteiger partial charge in [0.05, 0.1) is 12.0 Å². The molecule has 0 bridgehead atoms. The number of primary sulfonamides is 1. The highest BCUT2D eigenvalue weighted by atomic mass is 32.2. The molecular weight excluding hydrogens is 280 g/mol. The number of rotatable bonds is 6. The molecule has 0 fully saturated rings. The van der Waals surface area contributed by atoms with Crippen LogP contribution in [-0.2, 0) is 21.2 Å². The molecular formula is C13H20N2O4S. The van der Waals surface area contributed by atoms with E-state index < -0.39 is 10.0 Å². The summed E-state index contributed by atoms with van der Waals surface area (Å²) in [4.78, 5) is 11.0. The Bertz CT molecular complexity index is 584. The van der Waals surface area contributed by atoms with E-state index in [1.807, 2.05) is 6.92 Å². The summed E-state index contributed by atoms with van der Waals surface area (Å²) in [6.45, 7) is 3.30. The average molecular weight is 300 g/mol. The first-order valence-corrected chi connectivity index (χ1v) is 7.75. The van der Waals surface area contributed by atoms with Gasteiger partial charge in [0.1, 0.15) is 5.75 Å². The predicted molar refractivity (Wildman–Crippen MR) is 76.0 cm³/mol. The second-order valence-electron chi connectivity index (χ2n) is 4.66. The van der Waals surface area contributed by atoms with Crippen molar-refractivity contribution in [3.8, 4) is 5.75 Å². The lowest BCUT2D eigenvalue weighted by Crippen LogP contribution is -2.30. The summed E-state index contributed by atoms with van der Waals surface area (Å²) < 4.78 is 28.2. The van der Waals surface area contributed by atoms with Gasteiger partial charge < -0.3 is 10.1 Å². The van der Waals surface area contributed by atoms with E-state index in [2.05, 4.69) is 5.32 Å². The monoisotopic (exact) mass is 300 g/mol. The van der Waals surface area contributed by atoms with Crippen LogP contribution >= 0.6 is 0 Å². The second kappa shape index (κ2) is 6.71. The van der Waals surface area contributed by atoms with Gasteiger partial charge in [0.15, 0.2) is 0 Å². The van der Waals surface area contributed by atoms with Gasteiger partial charge in [0.2, 0.25) is 15.9 Å². The maximum Gasteiger partial charge on any atom is 0.238 e. The van der Waals surface area contributed by atoms with Gasteiger partial charge in [-0.3, -0.25) is 4.79 Å². The predicted octanol–water partition coefficient (Wildman–Crippen LogP) is 0.800. The van der Waals surface area contributed by atoms with E-state index >= 15 is 0 Å².